The number of anilines is 1. The molecule has 0 aromatic heterocycles. The Morgan fingerprint density at radius 3 is 2.65 bits per heavy atom. The van der Waals surface area contributed by atoms with Crippen LogP contribution in [0.5, 0.6) is 5.75 Å². The fourth-order valence-corrected chi connectivity index (χ4v) is 3.50. The maximum atomic E-state index is 12.4. The van der Waals surface area contributed by atoms with Crippen LogP contribution in [0.4, 0.5) is 5.69 Å². The Bertz CT molecular complexity index is 1070. The standard InChI is InChI=1S/C21H24N4O5S/c1-31(28,29)24-17-8-5-9-18(14-17)30-13-12-22-21(27)19-10-11-20(26)25(23-19)15-16-6-3-2-4-7-16/h2-9,14,24H,10-13,15H2,1H3,(H,22,27). The van der Waals surface area contributed by atoms with E-state index in [9.17, 15) is 18.0 Å². The molecule has 1 aliphatic heterocycles. The van der Waals surface area contributed by atoms with Gasteiger partial charge in [0.05, 0.1) is 25.0 Å². The number of carbonyl (C=O) groups is 2. The van der Waals surface area contributed by atoms with Gasteiger partial charge in [-0.15, -0.1) is 0 Å². The molecule has 0 saturated carbocycles. The van der Waals surface area contributed by atoms with E-state index in [1.165, 1.54) is 5.01 Å². The fraction of sp³-hybridized carbons (Fsp3) is 0.286. The minimum atomic E-state index is -3.38. The fourth-order valence-electron chi connectivity index (χ4n) is 2.94. The second-order valence-corrected chi connectivity index (χ2v) is 8.74. The molecule has 2 N–H and O–H groups in total. The van der Waals surface area contributed by atoms with Gasteiger partial charge in [0.15, 0.2) is 0 Å². The topological polar surface area (TPSA) is 117 Å². The highest BCUT2D eigenvalue weighted by Gasteiger charge is 2.24. The molecule has 164 valence electrons. The molecule has 10 heteroatoms. The van der Waals surface area contributed by atoms with Crippen LogP contribution >= 0.6 is 0 Å². The van der Waals surface area contributed by atoms with Gasteiger partial charge in [0.2, 0.25) is 15.9 Å². The van der Waals surface area contributed by atoms with E-state index in [0.717, 1.165) is 11.8 Å². The van der Waals surface area contributed by atoms with E-state index in [4.69, 9.17) is 4.74 Å². The van der Waals surface area contributed by atoms with Gasteiger partial charge < -0.3 is 10.1 Å². The predicted octanol–water partition coefficient (Wildman–Crippen LogP) is 1.73. The largest absolute Gasteiger partial charge is 0.492 e. The third-order valence-corrected chi connectivity index (χ3v) is 4.94. The molecule has 31 heavy (non-hydrogen) atoms. The molecule has 1 heterocycles. The SMILES string of the molecule is CS(=O)(=O)Nc1cccc(OCCNC(=O)C2=NN(Cc3ccccc3)C(=O)CC2)c1. The summed E-state index contributed by atoms with van der Waals surface area (Å²) in [5.41, 5.74) is 1.63. The molecule has 2 aromatic rings. The summed E-state index contributed by atoms with van der Waals surface area (Å²) >= 11 is 0. The first-order valence-corrected chi connectivity index (χ1v) is 11.6. The van der Waals surface area contributed by atoms with Gasteiger partial charge in [0, 0.05) is 18.9 Å². The number of benzene rings is 2. The van der Waals surface area contributed by atoms with Crippen LogP contribution in [-0.4, -0.2) is 50.4 Å². The number of rotatable bonds is 9. The van der Waals surface area contributed by atoms with Gasteiger partial charge in [-0.3, -0.25) is 14.3 Å². The Labute approximate surface area is 181 Å². The highest BCUT2D eigenvalue weighted by Crippen LogP contribution is 2.18. The highest BCUT2D eigenvalue weighted by atomic mass is 32.2. The van der Waals surface area contributed by atoms with Crippen molar-refractivity contribution in [2.75, 3.05) is 24.1 Å². The third kappa shape index (κ3) is 7.10. The lowest BCUT2D eigenvalue weighted by atomic mass is 10.1. The Kier molecular flexibility index (Phi) is 7.24. The first-order chi connectivity index (χ1) is 14.8. The average Bonchev–Trinajstić information content (AvgIpc) is 2.72. The zero-order valence-corrected chi connectivity index (χ0v) is 17.9. The number of nitrogens with one attached hydrogen (secondary N) is 2. The summed E-state index contributed by atoms with van der Waals surface area (Å²) in [7, 11) is -3.38. The van der Waals surface area contributed by atoms with Crippen molar-refractivity contribution in [2.24, 2.45) is 5.10 Å². The van der Waals surface area contributed by atoms with Crippen LogP contribution in [0.3, 0.4) is 0 Å². The Morgan fingerprint density at radius 2 is 1.90 bits per heavy atom. The minimum Gasteiger partial charge on any atom is -0.492 e. The second-order valence-electron chi connectivity index (χ2n) is 6.99. The van der Waals surface area contributed by atoms with Gasteiger partial charge in [0.25, 0.3) is 5.91 Å². The van der Waals surface area contributed by atoms with Gasteiger partial charge in [-0.25, -0.2) is 13.4 Å². The van der Waals surface area contributed by atoms with E-state index in [2.05, 4.69) is 15.1 Å². The summed E-state index contributed by atoms with van der Waals surface area (Å²) in [5.74, 6) is 0.00511. The summed E-state index contributed by atoms with van der Waals surface area (Å²) in [4.78, 5) is 24.5. The van der Waals surface area contributed by atoms with E-state index in [0.29, 0.717) is 23.7 Å². The lowest BCUT2D eigenvalue weighted by Crippen LogP contribution is -2.40. The minimum absolute atomic E-state index is 0.119. The van der Waals surface area contributed by atoms with Crippen molar-refractivity contribution < 1.29 is 22.7 Å². The molecular formula is C21H24N4O5S. The number of carbonyl (C=O) groups excluding carboxylic acids is 2. The number of nitrogens with zero attached hydrogens (tertiary/aromatic N) is 2. The zero-order valence-electron chi connectivity index (χ0n) is 17.1. The van der Waals surface area contributed by atoms with Crippen LogP contribution in [0.1, 0.15) is 18.4 Å². The summed E-state index contributed by atoms with van der Waals surface area (Å²) in [6.07, 6.45) is 1.59. The molecule has 2 amide bonds. The van der Waals surface area contributed by atoms with Crippen LogP contribution in [0, 0.1) is 0 Å². The molecule has 0 atom stereocenters. The third-order valence-electron chi connectivity index (χ3n) is 4.34. The molecule has 0 fully saturated rings. The van der Waals surface area contributed by atoms with E-state index in [-0.39, 0.29) is 37.8 Å². The van der Waals surface area contributed by atoms with Crippen LogP contribution < -0.4 is 14.8 Å². The van der Waals surface area contributed by atoms with Crippen molar-refractivity contribution in [1.29, 1.82) is 0 Å². The predicted molar refractivity (Wildman–Crippen MR) is 117 cm³/mol. The zero-order chi connectivity index (χ0) is 22.3. The van der Waals surface area contributed by atoms with Crippen molar-refractivity contribution in [3.8, 4) is 5.75 Å². The quantitative estimate of drug-likeness (QED) is 0.571. The summed E-state index contributed by atoms with van der Waals surface area (Å²) < 4.78 is 30.6. The van der Waals surface area contributed by atoms with Gasteiger partial charge in [-0.05, 0) is 17.7 Å². The summed E-state index contributed by atoms with van der Waals surface area (Å²) in [6.45, 7) is 0.736. The lowest BCUT2D eigenvalue weighted by Gasteiger charge is -2.23. The molecule has 2 aromatic carbocycles. The van der Waals surface area contributed by atoms with E-state index < -0.39 is 10.0 Å². The molecule has 0 spiro atoms. The average molecular weight is 445 g/mol. The Hall–Kier alpha value is -3.40. The van der Waals surface area contributed by atoms with Gasteiger partial charge in [-0.2, -0.15) is 5.10 Å². The maximum Gasteiger partial charge on any atom is 0.267 e. The number of ether oxygens (including phenoxy) is 1. The van der Waals surface area contributed by atoms with Gasteiger partial charge >= 0.3 is 0 Å². The highest BCUT2D eigenvalue weighted by molar-refractivity contribution is 7.92. The molecule has 9 nitrogen and oxygen atoms in total. The summed E-state index contributed by atoms with van der Waals surface area (Å²) in [5, 5.41) is 8.28. The van der Waals surface area contributed by atoms with Gasteiger partial charge in [-0.1, -0.05) is 36.4 Å². The second kappa shape index (κ2) is 10.1. The van der Waals surface area contributed by atoms with E-state index in [1.54, 1.807) is 24.3 Å². The molecule has 0 unspecified atom stereocenters. The van der Waals surface area contributed by atoms with E-state index >= 15 is 0 Å². The first-order valence-electron chi connectivity index (χ1n) is 9.71. The monoisotopic (exact) mass is 444 g/mol. The molecule has 0 radical (unpaired) electrons. The van der Waals surface area contributed by atoms with Crippen LogP contribution in [0.2, 0.25) is 0 Å². The molecule has 0 saturated heterocycles. The van der Waals surface area contributed by atoms with Crippen LogP contribution in [0.15, 0.2) is 59.7 Å². The number of hydrogen-bond donors (Lipinski definition) is 2. The normalized spacial score (nSPS) is 14.0. The van der Waals surface area contributed by atoms with Crippen molar-refractivity contribution in [1.82, 2.24) is 10.3 Å². The van der Waals surface area contributed by atoms with Crippen molar-refractivity contribution >= 4 is 33.2 Å². The molecule has 0 aliphatic carbocycles. The number of sulfonamides is 1. The van der Waals surface area contributed by atoms with E-state index in [1.807, 2.05) is 30.3 Å². The number of hydrogen-bond acceptors (Lipinski definition) is 6. The maximum absolute atomic E-state index is 12.4. The van der Waals surface area contributed by atoms with Crippen LogP contribution in [-0.2, 0) is 26.2 Å². The first kappa shape index (κ1) is 22.3. The number of hydrazone groups is 1. The van der Waals surface area contributed by atoms with Crippen molar-refractivity contribution in [3.63, 3.8) is 0 Å². The Morgan fingerprint density at radius 1 is 1.13 bits per heavy atom. The molecule has 0 bridgehead atoms. The lowest BCUT2D eigenvalue weighted by molar-refractivity contribution is -0.132. The van der Waals surface area contributed by atoms with Crippen molar-refractivity contribution in [2.45, 2.75) is 19.4 Å². The van der Waals surface area contributed by atoms with Gasteiger partial charge in [0.1, 0.15) is 18.1 Å². The molecular weight excluding hydrogens is 420 g/mol. The van der Waals surface area contributed by atoms with Crippen LogP contribution in [0.25, 0.3) is 0 Å². The smallest absolute Gasteiger partial charge is 0.267 e. The molecule has 1 aliphatic rings. The summed E-state index contributed by atoms with van der Waals surface area (Å²) in [6, 6.07) is 16.0. The Balaban J connectivity index is 1.49. The number of amides is 2. The molecule has 3 rings (SSSR count). The van der Waals surface area contributed by atoms with Crippen molar-refractivity contribution in [3.05, 3.63) is 60.2 Å².